The number of aliphatic hydroxyl groups is 2. The molecule has 0 spiro atoms. The third-order valence-electron chi connectivity index (χ3n) is 1.92. The Morgan fingerprint density at radius 1 is 0.917 bits per heavy atom. The largest absolute Gasteiger partial charge is 0.478 e. The summed E-state index contributed by atoms with van der Waals surface area (Å²) in [5, 5.41) is 42.2. The molecule has 10 heteroatoms. The SMILES string of the molecule is CC(O)C/C(=C/C(=O)O)C(=O)O.CC(O)COC(=O)/C=C\C(=O)O. The number of hydrogen-bond acceptors (Lipinski definition) is 7. The van der Waals surface area contributed by atoms with Crippen LogP contribution in [0.1, 0.15) is 20.3 Å². The summed E-state index contributed by atoms with van der Waals surface area (Å²) < 4.78 is 4.41. The van der Waals surface area contributed by atoms with E-state index in [1.54, 1.807) is 0 Å². The van der Waals surface area contributed by atoms with Crippen molar-refractivity contribution in [1.29, 1.82) is 0 Å². The number of hydrogen-bond donors (Lipinski definition) is 5. The van der Waals surface area contributed by atoms with Crippen LogP contribution in [0.4, 0.5) is 0 Å². The Hall–Kier alpha value is -2.72. The van der Waals surface area contributed by atoms with Crippen LogP contribution in [-0.2, 0) is 23.9 Å². The predicted molar refractivity (Wildman–Crippen MR) is 79.1 cm³/mol. The Morgan fingerprint density at radius 3 is 1.79 bits per heavy atom. The second-order valence-electron chi connectivity index (χ2n) is 4.52. The van der Waals surface area contributed by atoms with E-state index in [9.17, 15) is 19.2 Å². The van der Waals surface area contributed by atoms with Crippen molar-refractivity contribution in [2.45, 2.75) is 32.5 Å². The first kappa shape index (κ1) is 23.5. The molecular formula is C14H20O10. The van der Waals surface area contributed by atoms with Crippen LogP contribution in [0, 0.1) is 0 Å². The van der Waals surface area contributed by atoms with Crippen LogP contribution in [0.25, 0.3) is 0 Å². The average molecular weight is 348 g/mol. The zero-order valence-corrected chi connectivity index (χ0v) is 13.1. The normalized spacial score (nSPS) is 13.4. The summed E-state index contributed by atoms with van der Waals surface area (Å²) in [6.07, 6.45) is 0.269. The van der Waals surface area contributed by atoms with Crippen LogP contribution in [0.2, 0.25) is 0 Å². The van der Waals surface area contributed by atoms with Crippen molar-refractivity contribution in [1.82, 2.24) is 0 Å². The number of carboxylic acids is 3. The Bertz CT molecular complexity index is 500. The summed E-state index contributed by atoms with van der Waals surface area (Å²) >= 11 is 0. The standard InChI is InChI=1S/2C7H10O5/c1-4(8)2-5(7(11)12)3-6(9)10;1-5(8)4-12-7(11)3-2-6(9)10/h3-4,8H,2H2,1H3,(H,9,10)(H,11,12);2-3,5,8H,4H2,1H3,(H,9,10)/b5-3-;3-2-. The number of carboxylic acid groups (broad SMARTS) is 3. The smallest absolute Gasteiger partial charge is 0.331 e. The van der Waals surface area contributed by atoms with E-state index in [4.69, 9.17) is 25.5 Å². The van der Waals surface area contributed by atoms with Crippen LogP contribution < -0.4 is 0 Å². The second kappa shape index (κ2) is 12.8. The summed E-state index contributed by atoms with van der Waals surface area (Å²) in [6.45, 7) is 2.70. The van der Waals surface area contributed by atoms with Gasteiger partial charge < -0.3 is 30.3 Å². The monoisotopic (exact) mass is 348 g/mol. The molecule has 5 N–H and O–H groups in total. The lowest BCUT2D eigenvalue weighted by molar-refractivity contribution is -0.141. The lowest BCUT2D eigenvalue weighted by Gasteiger charge is -2.02. The summed E-state index contributed by atoms with van der Waals surface area (Å²) in [7, 11) is 0. The molecule has 0 heterocycles. The van der Waals surface area contributed by atoms with Gasteiger partial charge in [0.25, 0.3) is 0 Å². The Morgan fingerprint density at radius 2 is 1.46 bits per heavy atom. The van der Waals surface area contributed by atoms with Crippen molar-refractivity contribution >= 4 is 23.9 Å². The van der Waals surface area contributed by atoms with Crippen LogP contribution >= 0.6 is 0 Å². The number of ether oxygens (including phenoxy) is 1. The highest BCUT2D eigenvalue weighted by Crippen LogP contribution is 2.05. The molecule has 2 atom stereocenters. The minimum absolute atomic E-state index is 0.136. The maximum absolute atomic E-state index is 10.6. The lowest BCUT2D eigenvalue weighted by Crippen LogP contribution is -2.13. The molecule has 0 amide bonds. The third-order valence-corrected chi connectivity index (χ3v) is 1.92. The second-order valence-corrected chi connectivity index (χ2v) is 4.52. The molecule has 0 aliphatic carbocycles. The number of aliphatic hydroxyl groups excluding tert-OH is 2. The van der Waals surface area contributed by atoms with E-state index < -0.39 is 36.1 Å². The fraction of sp³-hybridized carbons (Fsp3) is 0.429. The lowest BCUT2D eigenvalue weighted by atomic mass is 10.1. The van der Waals surface area contributed by atoms with Crippen LogP contribution in [0.5, 0.6) is 0 Å². The molecule has 136 valence electrons. The van der Waals surface area contributed by atoms with Crippen LogP contribution in [0.15, 0.2) is 23.8 Å². The maximum atomic E-state index is 10.6. The molecule has 0 radical (unpaired) electrons. The summed E-state index contributed by atoms with van der Waals surface area (Å²) in [5.41, 5.74) is -0.308. The molecule has 0 aromatic carbocycles. The van der Waals surface area contributed by atoms with Gasteiger partial charge >= 0.3 is 23.9 Å². The molecule has 0 rings (SSSR count). The number of esters is 1. The first-order valence-corrected chi connectivity index (χ1v) is 6.56. The van der Waals surface area contributed by atoms with Gasteiger partial charge in [0.2, 0.25) is 0 Å². The molecule has 0 aromatic rings. The van der Waals surface area contributed by atoms with E-state index in [0.717, 1.165) is 6.08 Å². The topological polar surface area (TPSA) is 179 Å². The molecule has 24 heavy (non-hydrogen) atoms. The van der Waals surface area contributed by atoms with Crippen molar-refractivity contribution < 1.29 is 49.4 Å². The highest BCUT2D eigenvalue weighted by atomic mass is 16.5. The Kier molecular flexibility index (Phi) is 12.5. The number of carbonyl (C=O) groups excluding carboxylic acids is 1. The molecule has 0 aromatic heterocycles. The van der Waals surface area contributed by atoms with E-state index in [1.807, 2.05) is 0 Å². The van der Waals surface area contributed by atoms with E-state index in [-0.39, 0.29) is 18.6 Å². The molecule has 0 saturated carbocycles. The number of aliphatic carboxylic acids is 3. The van der Waals surface area contributed by atoms with Crippen LogP contribution in [0.3, 0.4) is 0 Å². The average Bonchev–Trinajstić information content (AvgIpc) is 2.41. The number of rotatable bonds is 8. The predicted octanol–water partition coefficient (Wildman–Crippen LogP) is -0.596. The molecular weight excluding hydrogens is 328 g/mol. The number of carbonyl (C=O) groups is 4. The first-order valence-electron chi connectivity index (χ1n) is 6.56. The van der Waals surface area contributed by atoms with Gasteiger partial charge in [-0.1, -0.05) is 0 Å². The summed E-state index contributed by atoms with van der Waals surface area (Å²) in [4.78, 5) is 40.9. The fourth-order valence-corrected chi connectivity index (χ4v) is 1.07. The summed E-state index contributed by atoms with van der Waals surface area (Å²) in [6, 6.07) is 0. The fourth-order valence-electron chi connectivity index (χ4n) is 1.07. The van der Waals surface area contributed by atoms with E-state index >= 15 is 0 Å². The van der Waals surface area contributed by atoms with E-state index in [2.05, 4.69) is 4.74 Å². The van der Waals surface area contributed by atoms with E-state index in [1.165, 1.54) is 13.8 Å². The third kappa shape index (κ3) is 17.3. The Balaban J connectivity index is 0. The highest BCUT2D eigenvalue weighted by Gasteiger charge is 2.11. The van der Waals surface area contributed by atoms with Crippen molar-refractivity contribution in [3.8, 4) is 0 Å². The van der Waals surface area contributed by atoms with Gasteiger partial charge in [0, 0.05) is 30.2 Å². The van der Waals surface area contributed by atoms with Crippen molar-refractivity contribution in [2.24, 2.45) is 0 Å². The van der Waals surface area contributed by atoms with E-state index in [0.29, 0.717) is 12.2 Å². The molecule has 0 bridgehead atoms. The van der Waals surface area contributed by atoms with Gasteiger partial charge in [0.1, 0.15) is 6.61 Å². The first-order chi connectivity index (χ1) is 11.0. The van der Waals surface area contributed by atoms with Gasteiger partial charge in [0.05, 0.1) is 12.2 Å². The minimum atomic E-state index is -1.33. The molecule has 2 unspecified atom stereocenters. The zero-order chi connectivity index (χ0) is 19.3. The minimum Gasteiger partial charge on any atom is -0.478 e. The molecule has 0 saturated heterocycles. The van der Waals surface area contributed by atoms with Gasteiger partial charge in [-0.25, -0.2) is 19.2 Å². The van der Waals surface area contributed by atoms with Crippen molar-refractivity contribution in [2.75, 3.05) is 6.61 Å². The van der Waals surface area contributed by atoms with Crippen LogP contribution in [-0.4, -0.2) is 68.2 Å². The molecule has 0 aliphatic rings. The van der Waals surface area contributed by atoms with Crippen molar-refractivity contribution in [3.05, 3.63) is 23.8 Å². The quantitative estimate of drug-likeness (QED) is 0.281. The van der Waals surface area contributed by atoms with Gasteiger partial charge in [0.15, 0.2) is 0 Å². The Labute approximate surface area is 137 Å². The molecule has 10 nitrogen and oxygen atoms in total. The molecule has 0 aliphatic heterocycles. The van der Waals surface area contributed by atoms with Gasteiger partial charge in [-0.3, -0.25) is 0 Å². The highest BCUT2D eigenvalue weighted by molar-refractivity contribution is 5.94. The van der Waals surface area contributed by atoms with Gasteiger partial charge in [-0.05, 0) is 13.8 Å². The maximum Gasteiger partial charge on any atom is 0.331 e. The zero-order valence-electron chi connectivity index (χ0n) is 13.1. The van der Waals surface area contributed by atoms with Gasteiger partial charge in [-0.2, -0.15) is 0 Å². The van der Waals surface area contributed by atoms with Gasteiger partial charge in [-0.15, -0.1) is 0 Å². The van der Waals surface area contributed by atoms with Crippen molar-refractivity contribution in [3.63, 3.8) is 0 Å². The summed E-state index contributed by atoms with van der Waals surface area (Å²) in [5.74, 6) is -4.64. The molecule has 0 fully saturated rings.